The Morgan fingerprint density at radius 2 is 1.82 bits per heavy atom. The molecule has 0 aliphatic heterocycles. The molecule has 0 saturated carbocycles. The molecule has 0 bridgehead atoms. The topological polar surface area (TPSA) is 58.6 Å². The largest absolute Gasteiger partial charge is 0.464 e. The molecule has 0 aliphatic carbocycles. The van der Waals surface area contributed by atoms with Crippen molar-refractivity contribution in [3.05, 3.63) is 54.1 Å². The summed E-state index contributed by atoms with van der Waals surface area (Å²) in [6.07, 6.45) is 0. The third-order valence-electron chi connectivity index (χ3n) is 3.63. The first-order valence-electron chi connectivity index (χ1n) is 7.28. The maximum Gasteiger partial charge on any atom is 0.342 e. The second-order valence-corrected chi connectivity index (χ2v) is 5.17. The number of hydrogen-bond acceptors (Lipinski definition) is 4. The van der Waals surface area contributed by atoms with Crippen LogP contribution in [-0.4, -0.2) is 24.7 Å². The normalized spacial score (nSPS) is 13.3. The van der Waals surface area contributed by atoms with Crippen molar-refractivity contribution >= 4 is 11.7 Å². The SMILES string of the molecule is CCOC(=O)C(C)(O)c1ccc(-c2ccccc2NC)cc1. The molecule has 0 heterocycles. The average Bonchev–Trinajstić information content (AvgIpc) is 2.55. The van der Waals surface area contributed by atoms with Crippen LogP contribution in [0.25, 0.3) is 11.1 Å². The molecule has 0 fully saturated rings. The van der Waals surface area contributed by atoms with E-state index in [-0.39, 0.29) is 6.61 Å². The molecular weight excluding hydrogens is 278 g/mol. The van der Waals surface area contributed by atoms with Gasteiger partial charge in [-0.15, -0.1) is 0 Å². The van der Waals surface area contributed by atoms with Gasteiger partial charge in [0.15, 0.2) is 5.60 Å². The number of esters is 1. The Hall–Kier alpha value is -2.33. The smallest absolute Gasteiger partial charge is 0.342 e. The highest BCUT2D eigenvalue weighted by atomic mass is 16.5. The summed E-state index contributed by atoms with van der Waals surface area (Å²) in [6.45, 7) is 3.40. The van der Waals surface area contributed by atoms with Crippen LogP contribution in [0.15, 0.2) is 48.5 Å². The van der Waals surface area contributed by atoms with E-state index < -0.39 is 11.6 Å². The molecular formula is C18H21NO3. The summed E-state index contributed by atoms with van der Waals surface area (Å²) in [5.41, 5.74) is 1.96. The fourth-order valence-corrected chi connectivity index (χ4v) is 2.32. The minimum Gasteiger partial charge on any atom is -0.464 e. The van der Waals surface area contributed by atoms with E-state index in [1.54, 1.807) is 19.1 Å². The maximum atomic E-state index is 11.8. The van der Waals surface area contributed by atoms with Crippen molar-refractivity contribution in [2.45, 2.75) is 19.4 Å². The number of benzene rings is 2. The van der Waals surface area contributed by atoms with Crippen LogP contribution in [0.2, 0.25) is 0 Å². The van der Waals surface area contributed by atoms with Gasteiger partial charge in [0.05, 0.1) is 6.61 Å². The van der Waals surface area contributed by atoms with Gasteiger partial charge in [-0.05, 0) is 31.0 Å². The lowest BCUT2D eigenvalue weighted by molar-refractivity contribution is -0.164. The molecule has 2 aromatic carbocycles. The molecule has 22 heavy (non-hydrogen) atoms. The van der Waals surface area contributed by atoms with Gasteiger partial charge < -0.3 is 15.2 Å². The van der Waals surface area contributed by atoms with Crippen molar-refractivity contribution in [1.29, 1.82) is 0 Å². The average molecular weight is 299 g/mol. The van der Waals surface area contributed by atoms with Crippen LogP contribution in [0, 0.1) is 0 Å². The fraction of sp³-hybridized carbons (Fsp3) is 0.278. The molecule has 4 heteroatoms. The van der Waals surface area contributed by atoms with Gasteiger partial charge in [-0.25, -0.2) is 4.79 Å². The van der Waals surface area contributed by atoms with Gasteiger partial charge in [-0.1, -0.05) is 42.5 Å². The molecule has 0 aliphatic rings. The minimum atomic E-state index is -1.64. The second kappa shape index (κ2) is 6.62. The molecule has 0 radical (unpaired) electrons. The van der Waals surface area contributed by atoms with E-state index in [0.29, 0.717) is 5.56 Å². The Labute approximate surface area is 130 Å². The van der Waals surface area contributed by atoms with Gasteiger partial charge in [0.2, 0.25) is 0 Å². The Kier molecular flexibility index (Phi) is 4.83. The van der Waals surface area contributed by atoms with Crippen LogP contribution < -0.4 is 5.32 Å². The Bertz CT molecular complexity index is 648. The van der Waals surface area contributed by atoms with E-state index in [9.17, 15) is 9.90 Å². The van der Waals surface area contributed by atoms with Crippen LogP contribution in [0.4, 0.5) is 5.69 Å². The number of carbonyl (C=O) groups is 1. The first-order chi connectivity index (χ1) is 10.5. The Morgan fingerprint density at radius 1 is 1.18 bits per heavy atom. The standard InChI is InChI=1S/C18H21NO3/c1-4-22-17(20)18(2,21)14-11-9-13(10-12-14)15-7-5-6-8-16(15)19-3/h5-12,19,21H,4H2,1-3H3. The van der Waals surface area contributed by atoms with Crippen molar-refractivity contribution < 1.29 is 14.6 Å². The van der Waals surface area contributed by atoms with Gasteiger partial charge in [0.1, 0.15) is 0 Å². The van der Waals surface area contributed by atoms with Crippen LogP contribution in [0.3, 0.4) is 0 Å². The highest BCUT2D eigenvalue weighted by Crippen LogP contribution is 2.30. The molecule has 2 aromatic rings. The second-order valence-electron chi connectivity index (χ2n) is 5.17. The molecule has 1 atom stereocenters. The number of para-hydroxylation sites is 1. The molecule has 0 aromatic heterocycles. The first kappa shape index (κ1) is 16.0. The van der Waals surface area contributed by atoms with Crippen molar-refractivity contribution in [2.75, 3.05) is 19.0 Å². The van der Waals surface area contributed by atoms with Gasteiger partial charge in [0, 0.05) is 18.3 Å². The highest BCUT2D eigenvalue weighted by molar-refractivity contribution is 5.82. The summed E-state index contributed by atoms with van der Waals surface area (Å²) in [5.74, 6) is -0.640. The number of aliphatic hydroxyl groups is 1. The lowest BCUT2D eigenvalue weighted by atomic mass is 9.93. The van der Waals surface area contributed by atoms with E-state index >= 15 is 0 Å². The molecule has 4 nitrogen and oxygen atoms in total. The number of hydrogen-bond donors (Lipinski definition) is 2. The van der Waals surface area contributed by atoms with Crippen molar-refractivity contribution in [1.82, 2.24) is 0 Å². The van der Waals surface area contributed by atoms with E-state index in [2.05, 4.69) is 5.32 Å². The third kappa shape index (κ3) is 3.12. The lowest BCUT2D eigenvalue weighted by Gasteiger charge is -2.21. The molecule has 116 valence electrons. The van der Waals surface area contributed by atoms with Crippen LogP contribution in [0.5, 0.6) is 0 Å². The number of carbonyl (C=O) groups excluding carboxylic acids is 1. The quantitative estimate of drug-likeness (QED) is 0.833. The summed E-state index contributed by atoms with van der Waals surface area (Å²) in [7, 11) is 1.87. The van der Waals surface area contributed by atoms with E-state index in [1.165, 1.54) is 6.92 Å². The number of ether oxygens (including phenoxy) is 1. The third-order valence-corrected chi connectivity index (χ3v) is 3.63. The summed E-state index contributed by atoms with van der Waals surface area (Å²) in [6, 6.07) is 15.2. The van der Waals surface area contributed by atoms with E-state index in [1.807, 2.05) is 43.4 Å². The summed E-state index contributed by atoms with van der Waals surface area (Å²) in [4.78, 5) is 11.8. The monoisotopic (exact) mass is 299 g/mol. The van der Waals surface area contributed by atoms with Gasteiger partial charge in [0.25, 0.3) is 0 Å². The van der Waals surface area contributed by atoms with E-state index in [0.717, 1.165) is 16.8 Å². The predicted octanol–water partition coefficient (Wildman–Crippen LogP) is 3.17. The van der Waals surface area contributed by atoms with Crippen LogP contribution in [0.1, 0.15) is 19.4 Å². The number of rotatable bonds is 5. The molecule has 0 amide bonds. The fourth-order valence-electron chi connectivity index (χ4n) is 2.32. The Morgan fingerprint density at radius 3 is 2.41 bits per heavy atom. The summed E-state index contributed by atoms with van der Waals surface area (Å²) >= 11 is 0. The minimum absolute atomic E-state index is 0.239. The van der Waals surface area contributed by atoms with Crippen molar-refractivity contribution in [2.24, 2.45) is 0 Å². The molecule has 2 N–H and O–H groups in total. The van der Waals surface area contributed by atoms with Gasteiger partial charge in [-0.3, -0.25) is 0 Å². The van der Waals surface area contributed by atoms with Crippen LogP contribution in [-0.2, 0) is 15.1 Å². The molecule has 0 spiro atoms. The lowest BCUT2D eigenvalue weighted by Crippen LogP contribution is -2.34. The zero-order valence-electron chi connectivity index (χ0n) is 13.1. The first-order valence-corrected chi connectivity index (χ1v) is 7.28. The maximum absolute atomic E-state index is 11.8. The Balaban J connectivity index is 2.33. The number of anilines is 1. The van der Waals surface area contributed by atoms with E-state index in [4.69, 9.17) is 4.74 Å². The zero-order valence-corrected chi connectivity index (χ0v) is 13.1. The zero-order chi connectivity index (χ0) is 16.2. The molecule has 0 saturated heterocycles. The summed E-state index contributed by atoms with van der Waals surface area (Å²) in [5, 5.41) is 13.5. The molecule has 2 rings (SSSR count). The van der Waals surface area contributed by atoms with Gasteiger partial charge >= 0.3 is 5.97 Å². The number of nitrogens with one attached hydrogen (secondary N) is 1. The molecule has 1 unspecified atom stereocenters. The predicted molar refractivity (Wildman–Crippen MR) is 87.6 cm³/mol. The van der Waals surface area contributed by atoms with Crippen LogP contribution >= 0.6 is 0 Å². The van der Waals surface area contributed by atoms with Gasteiger partial charge in [-0.2, -0.15) is 0 Å². The summed E-state index contributed by atoms with van der Waals surface area (Å²) < 4.78 is 4.91. The van der Waals surface area contributed by atoms with Crippen molar-refractivity contribution in [3.63, 3.8) is 0 Å². The highest BCUT2D eigenvalue weighted by Gasteiger charge is 2.33. The van der Waals surface area contributed by atoms with Crippen molar-refractivity contribution in [3.8, 4) is 11.1 Å².